The van der Waals surface area contributed by atoms with Crippen molar-refractivity contribution in [1.29, 1.82) is 0 Å². The Balaban J connectivity index is 2.14. The monoisotopic (exact) mass is 321 g/mol. The van der Waals surface area contributed by atoms with Gasteiger partial charge in [0.2, 0.25) is 0 Å². The summed E-state index contributed by atoms with van der Waals surface area (Å²) >= 11 is 5.84. The number of benzene rings is 1. The Morgan fingerprint density at radius 2 is 2.10 bits per heavy atom. The second-order valence-electron chi connectivity index (χ2n) is 5.36. The summed E-state index contributed by atoms with van der Waals surface area (Å²) < 4.78 is 38.7. The molecule has 0 bridgehead atoms. The Morgan fingerprint density at radius 1 is 1.43 bits per heavy atom. The highest BCUT2D eigenvalue weighted by Crippen LogP contribution is 2.38. The third-order valence-corrected chi connectivity index (χ3v) is 4.07. The molecule has 1 aromatic carbocycles. The van der Waals surface area contributed by atoms with Gasteiger partial charge in [0.25, 0.3) is 0 Å². The van der Waals surface area contributed by atoms with Crippen molar-refractivity contribution < 1.29 is 23.1 Å². The number of aryl methyl sites for hydroxylation is 1. The van der Waals surface area contributed by atoms with Gasteiger partial charge in [-0.25, -0.2) is 0 Å². The van der Waals surface area contributed by atoms with E-state index in [2.05, 4.69) is 0 Å². The Hall–Kier alpha value is -1.27. The fourth-order valence-electron chi connectivity index (χ4n) is 2.67. The molecule has 0 radical (unpaired) electrons. The molecule has 0 spiro atoms. The smallest absolute Gasteiger partial charge is 0.393 e. The summed E-state index contributed by atoms with van der Waals surface area (Å²) in [6.07, 6.45) is -4.49. The van der Waals surface area contributed by atoms with Crippen LogP contribution in [0, 0.1) is 18.8 Å². The van der Waals surface area contributed by atoms with E-state index in [0.717, 1.165) is 11.1 Å². The van der Waals surface area contributed by atoms with E-state index in [0.29, 0.717) is 11.6 Å². The largest absolute Gasteiger partial charge is 0.481 e. The summed E-state index contributed by atoms with van der Waals surface area (Å²) in [5, 5.41) is 9.54. The summed E-state index contributed by atoms with van der Waals surface area (Å²) in [5.41, 5.74) is 1.73. The quantitative estimate of drug-likeness (QED) is 0.928. The SMILES string of the molecule is Cc1cc(Cl)ccc1CN1C[C@@H](C(F)(F)F)[C@H](C(=O)O)C1. The zero-order chi connectivity index (χ0) is 15.8. The van der Waals surface area contributed by atoms with Crippen LogP contribution in [-0.4, -0.2) is 35.2 Å². The average Bonchev–Trinajstić information content (AvgIpc) is 2.77. The fourth-order valence-corrected chi connectivity index (χ4v) is 2.90. The second-order valence-corrected chi connectivity index (χ2v) is 5.79. The minimum absolute atomic E-state index is 0.0957. The molecule has 1 aliphatic rings. The van der Waals surface area contributed by atoms with Gasteiger partial charge in [-0.1, -0.05) is 17.7 Å². The van der Waals surface area contributed by atoms with E-state index < -0.39 is 24.0 Å². The van der Waals surface area contributed by atoms with Gasteiger partial charge in [0.1, 0.15) is 0 Å². The van der Waals surface area contributed by atoms with Crippen LogP contribution >= 0.6 is 11.6 Å². The molecule has 116 valence electrons. The molecule has 7 heteroatoms. The van der Waals surface area contributed by atoms with Gasteiger partial charge in [-0.15, -0.1) is 0 Å². The summed E-state index contributed by atoms with van der Waals surface area (Å²) in [5.74, 6) is -4.62. The predicted molar refractivity (Wildman–Crippen MR) is 72.1 cm³/mol. The standard InChI is InChI=1S/C14H15ClF3NO2/c1-8-4-10(15)3-2-9(8)5-19-6-11(13(20)21)12(7-19)14(16,17)18/h2-4,11-12H,5-7H2,1H3,(H,20,21)/t11-,12-/m1/s1. The van der Waals surface area contributed by atoms with E-state index in [4.69, 9.17) is 16.7 Å². The third-order valence-electron chi connectivity index (χ3n) is 3.83. The van der Waals surface area contributed by atoms with E-state index in [-0.39, 0.29) is 13.1 Å². The first-order valence-electron chi connectivity index (χ1n) is 6.45. The van der Waals surface area contributed by atoms with E-state index in [1.54, 1.807) is 18.2 Å². The molecule has 0 unspecified atom stereocenters. The number of hydrogen-bond donors (Lipinski definition) is 1. The van der Waals surface area contributed by atoms with Gasteiger partial charge in [0.15, 0.2) is 0 Å². The number of carboxylic acid groups (broad SMARTS) is 1. The summed E-state index contributed by atoms with van der Waals surface area (Å²) in [4.78, 5) is 12.6. The Kier molecular flexibility index (Phi) is 4.49. The lowest BCUT2D eigenvalue weighted by molar-refractivity contribution is -0.188. The lowest BCUT2D eigenvalue weighted by Crippen LogP contribution is -2.33. The van der Waals surface area contributed by atoms with Crippen LogP contribution in [0.4, 0.5) is 13.2 Å². The van der Waals surface area contributed by atoms with E-state index >= 15 is 0 Å². The summed E-state index contributed by atoms with van der Waals surface area (Å²) in [7, 11) is 0. The molecule has 1 fully saturated rings. The van der Waals surface area contributed by atoms with Crippen LogP contribution in [0.15, 0.2) is 18.2 Å². The number of halogens is 4. The maximum absolute atomic E-state index is 12.9. The maximum atomic E-state index is 12.9. The van der Waals surface area contributed by atoms with E-state index in [9.17, 15) is 18.0 Å². The summed E-state index contributed by atoms with van der Waals surface area (Å²) in [6.45, 7) is 1.73. The van der Waals surface area contributed by atoms with E-state index in [1.807, 2.05) is 6.92 Å². The molecule has 1 saturated heterocycles. The molecular formula is C14H15ClF3NO2. The van der Waals surface area contributed by atoms with Crippen molar-refractivity contribution in [1.82, 2.24) is 4.90 Å². The minimum atomic E-state index is -4.49. The van der Waals surface area contributed by atoms with E-state index in [1.165, 1.54) is 4.90 Å². The van der Waals surface area contributed by atoms with Gasteiger partial charge < -0.3 is 5.11 Å². The van der Waals surface area contributed by atoms with Gasteiger partial charge in [-0.3, -0.25) is 9.69 Å². The first-order chi connectivity index (χ1) is 9.68. The van der Waals surface area contributed by atoms with Crippen LogP contribution in [0.2, 0.25) is 5.02 Å². The zero-order valence-electron chi connectivity index (χ0n) is 11.3. The Labute approximate surface area is 125 Å². The van der Waals surface area contributed by atoms with Gasteiger partial charge in [-0.2, -0.15) is 13.2 Å². The highest BCUT2D eigenvalue weighted by atomic mass is 35.5. The molecule has 3 nitrogen and oxygen atoms in total. The molecule has 21 heavy (non-hydrogen) atoms. The Bertz CT molecular complexity index is 548. The van der Waals surface area contributed by atoms with Crippen molar-refractivity contribution in [3.63, 3.8) is 0 Å². The van der Waals surface area contributed by atoms with Gasteiger partial charge in [0, 0.05) is 24.7 Å². The zero-order valence-corrected chi connectivity index (χ0v) is 12.1. The lowest BCUT2D eigenvalue weighted by Gasteiger charge is -2.19. The molecule has 0 amide bonds. The number of carbonyl (C=O) groups is 1. The van der Waals surface area contributed by atoms with Crippen LogP contribution in [0.3, 0.4) is 0 Å². The van der Waals surface area contributed by atoms with Crippen LogP contribution in [-0.2, 0) is 11.3 Å². The summed E-state index contributed by atoms with van der Waals surface area (Å²) in [6, 6.07) is 5.17. The van der Waals surface area contributed by atoms with Crippen molar-refractivity contribution in [2.24, 2.45) is 11.8 Å². The van der Waals surface area contributed by atoms with Crippen molar-refractivity contribution in [3.8, 4) is 0 Å². The third kappa shape index (κ3) is 3.68. The normalized spacial score (nSPS) is 23.5. The maximum Gasteiger partial charge on any atom is 0.393 e. The number of aliphatic carboxylic acids is 1. The lowest BCUT2D eigenvalue weighted by atomic mass is 9.96. The molecule has 0 saturated carbocycles. The molecule has 0 aliphatic carbocycles. The number of likely N-dealkylation sites (tertiary alicyclic amines) is 1. The molecule has 1 aliphatic heterocycles. The van der Waals surface area contributed by atoms with Crippen molar-refractivity contribution in [2.75, 3.05) is 13.1 Å². The first-order valence-corrected chi connectivity index (χ1v) is 6.83. The molecular weight excluding hydrogens is 307 g/mol. The van der Waals surface area contributed by atoms with Crippen molar-refractivity contribution in [2.45, 2.75) is 19.6 Å². The molecule has 1 N–H and O–H groups in total. The number of alkyl halides is 3. The van der Waals surface area contributed by atoms with Crippen LogP contribution in [0.1, 0.15) is 11.1 Å². The molecule has 2 rings (SSSR count). The van der Waals surface area contributed by atoms with Crippen LogP contribution < -0.4 is 0 Å². The average molecular weight is 322 g/mol. The molecule has 1 aromatic rings. The van der Waals surface area contributed by atoms with Gasteiger partial charge >= 0.3 is 12.1 Å². The first kappa shape index (κ1) is 16.1. The number of carboxylic acids is 1. The van der Waals surface area contributed by atoms with Gasteiger partial charge in [0.05, 0.1) is 11.8 Å². The fraction of sp³-hybridized carbons (Fsp3) is 0.500. The predicted octanol–water partition coefficient (Wildman–Crippen LogP) is 3.34. The van der Waals surface area contributed by atoms with Crippen molar-refractivity contribution >= 4 is 17.6 Å². The van der Waals surface area contributed by atoms with Crippen LogP contribution in [0.5, 0.6) is 0 Å². The highest BCUT2D eigenvalue weighted by molar-refractivity contribution is 6.30. The second kappa shape index (κ2) is 5.85. The van der Waals surface area contributed by atoms with Crippen LogP contribution in [0.25, 0.3) is 0 Å². The highest BCUT2D eigenvalue weighted by Gasteiger charge is 2.52. The Morgan fingerprint density at radius 3 is 2.57 bits per heavy atom. The topological polar surface area (TPSA) is 40.5 Å². The number of rotatable bonds is 3. The molecule has 1 heterocycles. The number of hydrogen-bond acceptors (Lipinski definition) is 2. The van der Waals surface area contributed by atoms with Gasteiger partial charge in [-0.05, 0) is 30.2 Å². The van der Waals surface area contributed by atoms with Crippen molar-refractivity contribution in [3.05, 3.63) is 34.3 Å². The minimum Gasteiger partial charge on any atom is -0.481 e. The molecule has 0 aromatic heterocycles. The number of nitrogens with zero attached hydrogens (tertiary/aromatic N) is 1. The molecule has 2 atom stereocenters.